The van der Waals surface area contributed by atoms with Gasteiger partial charge in [-0.3, -0.25) is 9.69 Å². The molecule has 1 N–H and O–H groups in total. The molecular formula is C22H33ClN2O3. The average molecular weight is 409 g/mol. The summed E-state index contributed by atoms with van der Waals surface area (Å²) in [7, 11) is 0. The summed E-state index contributed by atoms with van der Waals surface area (Å²) in [6, 6.07) is 3.78. The van der Waals surface area contributed by atoms with Gasteiger partial charge in [0, 0.05) is 11.6 Å². The lowest BCUT2D eigenvalue weighted by Gasteiger charge is -2.40. The summed E-state index contributed by atoms with van der Waals surface area (Å²) in [5, 5.41) is 11.8. The lowest BCUT2D eigenvalue weighted by molar-refractivity contribution is -0.141. The van der Waals surface area contributed by atoms with E-state index < -0.39 is 5.60 Å². The van der Waals surface area contributed by atoms with Crippen molar-refractivity contribution >= 4 is 17.5 Å². The van der Waals surface area contributed by atoms with Crippen LogP contribution in [0.2, 0.25) is 5.02 Å². The number of aliphatic hydroxyl groups is 1. The fourth-order valence-corrected chi connectivity index (χ4v) is 4.27. The van der Waals surface area contributed by atoms with E-state index in [9.17, 15) is 9.90 Å². The maximum absolute atomic E-state index is 12.8. The van der Waals surface area contributed by atoms with Crippen molar-refractivity contribution in [3.8, 4) is 5.75 Å². The first-order valence-corrected chi connectivity index (χ1v) is 10.8. The van der Waals surface area contributed by atoms with Crippen molar-refractivity contribution < 1.29 is 14.6 Å². The van der Waals surface area contributed by atoms with E-state index in [0.29, 0.717) is 31.8 Å². The molecule has 1 aromatic carbocycles. The normalized spacial score (nSPS) is 24.4. The van der Waals surface area contributed by atoms with Gasteiger partial charge in [-0.15, -0.1) is 0 Å². The van der Waals surface area contributed by atoms with Gasteiger partial charge >= 0.3 is 0 Å². The van der Waals surface area contributed by atoms with Crippen LogP contribution in [0, 0.1) is 19.8 Å². The number of amides is 1. The molecule has 2 aliphatic heterocycles. The van der Waals surface area contributed by atoms with Crippen molar-refractivity contribution in [1.82, 2.24) is 9.80 Å². The summed E-state index contributed by atoms with van der Waals surface area (Å²) >= 11 is 6.21. The van der Waals surface area contributed by atoms with E-state index in [1.165, 1.54) is 0 Å². The van der Waals surface area contributed by atoms with Crippen LogP contribution in [0.1, 0.15) is 43.7 Å². The molecule has 1 atom stereocenters. The highest BCUT2D eigenvalue weighted by molar-refractivity contribution is 6.32. The second-order valence-electron chi connectivity index (χ2n) is 8.76. The predicted molar refractivity (Wildman–Crippen MR) is 112 cm³/mol. The molecule has 0 radical (unpaired) electrons. The fraction of sp³-hybridized carbons (Fsp3) is 0.682. The molecule has 3 rings (SSSR count). The van der Waals surface area contributed by atoms with Gasteiger partial charge in [0.2, 0.25) is 5.91 Å². The number of piperidine rings is 2. The van der Waals surface area contributed by atoms with Crippen LogP contribution >= 0.6 is 11.6 Å². The van der Waals surface area contributed by atoms with Crippen LogP contribution in [-0.2, 0) is 4.79 Å². The van der Waals surface area contributed by atoms with Gasteiger partial charge < -0.3 is 14.7 Å². The van der Waals surface area contributed by atoms with Crippen LogP contribution in [0.15, 0.2) is 12.1 Å². The molecule has 2 heterocycles. The molecule has 6 heteroatoms. The fourth-order valence-electron chi connectivity index (χ4n) is 4.16. The van der Waals surface area contributed by atoms with Crippen LogP contribution in [0.4, 0.5) is 0 Å². The monoisotopic (exact) mass is 408 g/mol. The van der Waals surface area contributed by atoms with Gasteiger partial charge in [-0.05, 0) is 81.8 Å². The zero-order valence-corrected chi connectivity index (χ0v) is 18.1. The highest BCUT2D eigenvalue weighted by atomic mass is 35.5. The van der Waals surface area contributed by atoms with Crippen molar-refractivity contribution in [2.24, 2.45) is 5.92 Å². The summed E-state index contributed by atoms with van der Waals surface area (Å²) in [6.07, 6.45) is 3.75. The number of likely N-dealkylation sites (tertiary alicyclic amines) is 2. The number of carbonyl (C=O) groups excluding carboxylic acids is 1. The van der Waals surface area contributed by atoms with Crippen molar-refractivity contribution in [2.45, 2.75) is 52.1 Å². The Morgan fingerprint density at radius 1 is 1.25 bits per heavy atom. The van der Waals surface area contributed by atoms with Crippen molar-refractivity contribution in [3.63, 3.8) is 0 Å². The molecule has 1 amide bonds. The third kappa shape index (κ3) is 5.40. The van der Waals surface area contributed by atoms with E-state index >= 15 is 0 Å². The van der Waals surface area contributed by atoms with E-state index in [1.807, 2.05) is 30.9 Å². The molecule has 0 bridgehead atoms. The number of halogens is 1. The molecule has 1 aromatic rings. The number of rotatable bonds is 5. The highest BCUT2D eigenvalue weighted by Crippen LogP contribution is 2.28. The number of ether oxygens (including phenoxy) is 1. The summed E-state index contributed by atoms with van der Waals surface area (Å²) in [5.41, 5.74) is 0.908. The second-order valence-corrected chi connectivity index (χ2v) is 9.14. The van der Waals surface area contributed by atoms with Gasteiger partial charge in [-0.25, -0.2) is 0 Å². The molecule has 0 saturated carbocycles. The van der Waals surface area contributed by atoms with Gasteiger partial charge in [0.05, 0.1) is 13.1 Å². The number of hydrogen-bond donors (Lipinski definition) is 1. The van der Waals surface area contributed by atoms with Crippen molar-refractivity contribution in [3.05, 3.63) is 28.3 Å². The quantitative estimate of drug-likeness (QED) is 0.811. The largest absolute Gasteiger partial charge is 0.491 e. The molecule has 156 valence electrons. The van der Waals surface area contributed by atoms with Gasteiger partial charge in [-0.2, -0.15) is 0 Å². The zero-order valence-electron chi connectivity index (χ0n) is 17.3. The standard InChI is InChI=1S/C22H33ClN2O3/c1-16-5-9-24(10-6-16)13-20(26)25-8-4-7-22(27,14-25)15-28-19-11-17(2)21(23)18(3)12-19/h11-12,16,27H,4-10,13-15H2,1-3H3/t22-/m0/s1. The molecule has 0 unspecified atom stereocenters. The second kappa shape index (κ2) is 9.02. The van der Waals surface area contributed by atoms with E-state index in [4.69, 9.17) is 16.3 Å². The minimum atomic E-state index is -1.01. The van der Waals surface area contributed by atoms with E-state index in [0.717, 1.165) is 54.4 Å². The van der Waals surface area contributed by atoms with Crippen LogP contribution < -0.4 is 4.74 Å². The molecule has 2 aliphatic rings. The lowest BCUT2D eigenvalue weighted by Crippen LogP contribution is -2.55. The summed E-state index contributed by atoms with van der Waals surface area (Å²) in [5.74, 6) is 1.58. The summed E-state index contributed by atoms with van der Waals surface area (Å²) in [6.45, 7) is 9.82. The Kier molecular flexibility index (Phi) is 6.89. The maximum atomic E-state index is 12.8. The number of benzene rings is 1. The molecular weight excluding hydrogens is 376 g/mol. The molecule has 0 spiro atoms. The number of hydrogen-bond acceptors (Lipinski definition) is 4. The minimum absolute atomic E-state index is 0.117. The first-order valence-electron chi connectivity index (χ1n) is 10.4. The summed E-state index contributed by atoms with van der Waals surface area (Å²) in [4.78, 5) is 16.8. The number of nitrogens with zero attached hydrogens (tertiary/aromatic N) is 2. The molecule has 0 aliphatic carbocycles. The molecule has 2 saturated heterocycles. The van der Waals surface area contributed by atoms with Gasteiger partial charge in [0.25, 0.3) is 0 Å². The van der Waals surface area contributed by atoms with E-state index in [2.05, 4.69) is 11.8 Å². The predicted octanol–water partition coefficient (Wildman–Crippen LogP) is 3.42. The Morgan fingerprint density at radius 3 is 2.54 bits per heavy atom. The first-order chi connectivity index (χ1) is 13.3. The summed E-state index contributed by atoms with van der Waals surface area (Å²) < 4.78 is 5.90. The number of carbonyl (C=O) groups is 1. The SMILES string of the molecule is Cc1cc(OC[C@]2(O)CCCN(C(=O)CN3CCC(C)CC3)C2)cc(C)c1Cl. The molecule has 28 heavy (non-hydrogen) atoms. The van der Waals surface area contributed by atoms with E-state index in [1.54, 1.807) is 0 Å². The molecule has 0 aromatic heterocycles. The Balaban J connectivity index is 1.54. The topological polar surface area (TPSA) is 53.0 Å². The third-order valence-electron chi connectivity index (χ3n) is 6.06. The zero-order chi connectivity index (χ0) is 20.3. The van der Waals surface area contributed by atoms with Crippen LogP contribution in [0.25, 0.3) is 0 Å². The van der Waals surface area contributed by atoms with Crippen LogP contribution in [0.3, 0.4) is 0 Å². The Morgan fingerprint density at radius 2 is 1.89 bits per heavy atom. The first kappa shape index (κ1) is 21.4. The van der Waals surface area contributed by atoms with Gasteiger partial charge in [0.15, 0.2) is 0 Å². The smallest absolute Gasteiger partial charge is 0.236 e. The number of β-amino-alcohol motifs (C(OH)–C–C–N with tert-alkyl or cyclic N) is 1. The lowest BCUT2D eigenvalue weighted by atomic mass is 9.93. The Bertz CT molecular complexity index is 680. The van der Waals surface area contributed by atoms with Gasteiger partial charge in [-0.1, -0.05) is 18.5 Å². The van der Waals surface area contributed by atoms with Crippen molar-refractivity contribution in [1.29, 1.82) is 0 Å². The Hall–Kier alpha value is -1.30. The molecule has 5 nitrogen and oxygen atoms in total. The maximum Gasteiger partial charge on any atom is 0.236 e. The van der Waals surface area contributed by atoms with Gasteiger partial charge in [0.1, 0.15) is 18.0 Å². The van der Waals surface area contributed by atoms with Crippen LogP contribution in [-0.4, -0.2) is 65.7 Å². The minimum Gasteiger partial charge on any atom is -0.491 e. The van der Waals surface area contributed by atoms with Crippen LogP contribution in [0.5, 0.6) is 5.75 Å². The average Bonchev–Trinajstić information content (AvgIpc) is 2.66. The highest BCUT2D eigenvalue weighted by Gasteiger charge is 2.36. The van der Waals surface area contributed by atoms with Crippen molar-refractivity contribution in [2.75, 3.05) is 39.3 Å². The Labute approximate surface area is 173 Å². The number of aryl methyl sites for hydroxylation is 2. The third-order valence-corrected chi connectivity index (χ3v) is 6.66. The van der Waals surface area contributed by atoms with E-state index in [-0.39, 0.29) is 12.5 Å². The molecule has 2 fully saturated rings.